The zero-order chi connectivity index (χ0) is 26.2. The van der Waals surface area contributed by atoms with E-state index in [1.54, 1.807) is 6.08 Å². The molecule has 5 rings (SSSR count). The zero-order valence-electron chi connectivity index (χ0n) is 21.8. The van der Waals surface area contributed by atoms with Gasteiger partial charge in [0, 0.05) is 36.7 Å². The van der Waals surface area contributed by atoms with E-state index in [-0.39, 0.29) is 17.2 Å². The standard InChI is InChI=1S/C28H33N5O3S/c1-18(2)7-9-21(34)6-5-11-32-17-20(16-29-32)19-8-10-24-23(14-19)33(12-13-36-24)27-30-22-15-28(3,4)31-26(35)25(22)37-27/h7-10,14,16-18H,5-6,11-13,15H2,1-4H3,(H,31,35). The number of aryl methyl sites for hydroxylation is 1. The Labute approximate surface area is 221 Å². The molecule has 3 aromatic rings. The summed E-state index contributed by atoms with van der Waals surface area (Å²) < 4.78 is 7.82. The molecule has 1 N–H and O–H groups in total. The smallest absolute Gasteiger partial charge is 0.263 e. The van der Waals surface area contributed by atoms with E-state index < -0.39 is 0 Å². The van der Waals surface area contributed by atoms with Gasteiger partial charge in [0.2, 0.25) is 0 Å². The molecule has 8 nitrogen and oxygen atoms in total. The third-order valence-corrected chi connectivity index (χ3v) is 7.57. The van der Waals surface area contributed by atoms with Gasteiger partial charge in [-0.3, -0.25) is 14.3 Å². The molecule has 4 heterocycles. The minimum absolute atomic E-state index is 0.0534. The highest BCUT2D eigenvalue weighted by molar-refractivity contribution is 7.17. The minimum Gasteiger partial charge on any atom is -0.490 e. The van der Waals surface area contributed by atoms with Gasteiger partial charge in [-0.1, -0.05) is 37.3 Å². The summed E-state index contributed by atoms with van der Waals surface area (Å²) in [5, 5.41) is 8.39. The SMILES string of the molecule is CC(C)C=CC(=O)CCCn1cc(-c2ccc3c(c2)N(c2nc4c(s2)C(=O)NC(C)(C)C4)CCO3)cn1. The maximum Gasteiger partial charge on any atom is 0.263 e. The first-order chi connectivity index (χ1) is 17.7. The zero-order valence-corrected chi connectivity index (χ0v) is 22.6. The summed E-state index contributed by atoms with van der Waals surface area (Å²) in [4.78, 5) is 32.4. The first-order valence-corrected chi connectivity index (χ1v) is 13.6. The Morgan fingerprint density at radius 3 is 2.95 bits per heavy atom. The van der Waals surface area contributed by atoms with Crippen LogP contribution in [0.4, 0.5) is 10.8 Å². The van der Waals surface area contributed by atoms with Crippen LogP contribution in [-0.2, 0) is 17.8 Å². The average molecular weight is 520 g/mol. The van der Waals surface area contributed by atoms with E-state index >= 15 is 0 Å². The predicted octanol–water partition coefficient (Wildman–Crippen LogP) is 5.16. The lowest BCUT2D eigenvalue weighted by Gasteiger charge is -2.29. The van der Waals surface area contributed by atoms with Gasteiger partial charge in [0.1, 0.15) is 17.2 Å². The van der Waals surface area contributed by atoms with E-state index in [0.29, 0.717) is 43.3 Å². The van der Waals surface area contributed by atoms with Gasteiger partial charge in [-0.15, -0.1) is 0 Å². The number of benzene rings is 1. The van der Waals surface area contributed by atoms with Crippen molar-refractivity contribution in [1.82, 2.24) is 20.1 Å². The number of nitrogens with one attached hydrogen (secondary N) is 1. The fourth-order valence-electron chi connectivity index (χ4n) is 4.61. The molecule has 0 spiro atoms. The summed E-state index contributed by atoms with van der Waals surface area (Å²) >= 11 is 1.43. The van der Waals surface area contributed by atoms with Gasteiger partial charge >= 0.3 is 0 Å². The van der Waals surface area contributed by atoms with Gasteiger partial charge in [-0.25, -0.2) is 4.98 Å². The number of nitrogens with zero attached hydrogens (tertiary/aromatic N) is 4. The normalized spacial score (nSPS) is 16.5. The van der Waals surface area contributed by atoms with Gasteiger partial charge in [-0.05, 0) is 50.0 Å². The van der Waals surface area contributed by atoms with Gasteiger partial charge in [0.15, 0.2) is 10.9 Å². The van der Waals surface area contributed by atoms with E-state index in [1.165, 1.54) is 11.3 Å². The molecule has 37 heavy (non-hydrogen) atoms. The third kappa shape index (κ3) is 5.61. The second-order valence-electron chi connectivity index (χ2n) is 10.6. The van der Waals surface area contributed by atoms with E-state index in [1.807, 2.05) is 49.1 Å². The monoisotopic (exact) mass is 519 g/mol. The van der Waals surface area contributed by atoms with Crippen LogP contribution in [-0.4, -0.2) is 45.1 Å². The lowest BCUT2D eigenvalue weighted by Crippen LogP contribution is -2.48. The number of thiazole rings is 1. The average Bonchev–Trinajstić information content (AvgIpc) is 3.49. The number of amides is 1. The molecule has 9 heteroatoms. The van der Waals surface area contributed by atoms with Crippen LogP contribution in [0.5, 0.6) is 5.75 Å². The first-order valence-electron chi connectivity index (χ1n) is 12.8. The van der Waals surface area contributed by atoms with Crippen LogP contribution in [0, 0.1) is 5.92 Å². The Morgan fingerprint density at radius 2 is 2.14 bits per heavy atom. The molecule has 0 saturated heterocycles. The summed E-state index contributed by atoms with van der Waals surface area (Å²) in [6.07, 6.45) is 9.45. The Bertz CT molecular complexity index is 1350. The fourth-order valence-corrected chi connectivity index (χ4v) is 5.63. The first kappa shape index (κ1) is 25.2. The second kappa shape index (κ2) is 10.1. The topological polar surface area (TPSA) is 89.4 Å². The van der Waals surface area contributed by atoms with E-state index in [2.05, 4.69) is 35.2 Å². The van der Waals surface area contributed by atoms with Crippen molar-refractivity contribution in [3.8, 4) is 16.9 Å². The molecule has 1 amide bonds. The second-order valence-corrected chi connectivity index (χ2v) is 11.6. The van der Waals surface area contributed by atoms with E-state index in [4.69, 9.17) is 9.72 Å². The van der Waals surface area contributed by atoms with Crippen molar-refractivity contribution in [2.45, 2.75) is 59.0 Å². The van der Waals surface area contributed by atoms with E-state index in [9.17, 15) is 9.59 Å². The minimum atomic E-state index is -0.302. The molecule has 0 unspecified atom stereocenters. The Hall–Kier alpha value is -3.46. The van der Waals surface area contributed by atoms with Crippen LogP contribution in [0.3, 0.4) is 0 Å². The molecule has 0 atom stereocenters. The highest BCUT2D eigenvalue weighted by atomic mass is 32.1. The van der Waals surface area contributed by atoms with Gasteiger partial charge in [0.05, 0.1) is 24.1 Å². The van der Waals surface area contributed by atoms with Gasteiger partial charge in [0.25, 0.3) is 5.91 Å². The molecule has 2 aliphatic heterocycles. The molecule has 0 saturated carbocycles. The summed E-state index contributed by atoms with van der Waals surface area (Å²) in [7, 11) is 0. The number of ether oxygens (including phenoxy) is 1. The fraction of sp³-hybridized carbons (Fsp3) is 0.429. The lowest BCUT2D eigenvalue weighted by molar-refractivity contribution is -0.114. The molecule has 2 aliphatic rings. The number of fused-ring (bicyclic) bond motifs is 2. The highest BCUT2D eigenvalue weighted by Crippen LogP contribution is 2.42. The number of ketones is 1. The number of allylic oxidation sites excluding steroid dienone is 2. The van der Waals surface area contributed by atoms with Crippen molar-refractivity contribution in [3.05, 3.63) is 53.3 Å². The molecule has 194 valence electrons. The lowest BCUT2D eigenvalue weighted by atomic mass is 9.94. The van der Waals surface area contributed by atoms with Crippen LogP contribution in [0.1, 0.15) is 55.9 Å². The molecule has 1 aromatic carbocycles. The predicted molar refractivity (Wildman–Crippen MR) is 146 cm³/mol. The highest BCUT2D eigenvalue weighted by Gasteiger charge is 2.34. The van der Waals surface area contributed by atoms with Crippen LogP contribution >= 0.6 is 11.3 Å². The molecular formula is C28H33N5O3S. The number of rotatable bonds is 8. The summed E-state index contributed by atoms with van der Waals surface area (Å²) in [6.45, 7) is 10.1. The quantitative estimate of drug-likeness (QED) is 0.414. The van der Waals surface area contributed by atoms with Gasteiger partial charge < -0.3 is 15.0 Å². The number of carbonyl (C=O) groups is 2. The number of hydrogen-bond donors (Lipinski definition) is 1. The largest absolute Gasteiger partial charge is 0.490 e. The summed E-state index contributed by atoms with van der Waals surface area (Å²) in [5.74, 6) is 1.28. The van der Waals surface area contributed by atoms with Crippen molar-refractivity contribution in [3.63, 3.8) is 0 Å². The Morgan fingerprint density at radius 1 is 1.30 bits per heavy atom. The van der Waals surface area contributed by atoms with Crippen molar-refractivity contribution >= 4 is 33.8 Å². The molecule has 0 fully saturated rings. The summed E-state index contributed by atoms with van der Waals surface area (Å²) in [6, 6.07) is 6.12. The van der Waals surface area contributed by atoms with Gasteiger partial charge in [-0.2, -0.15) is 5.10 Å². The summed E-state index contributed by atoms with van der Waals surface area (Å²) in [5.41, 5.74) is 3.52. The number of hydrogen-bond acceptors (Lipinski definition) is 7. The third-order valence-electron chi connectivity index (χ3n) is 6.45. The maximum absolute atomic E-state index is 12.6. The van der Waals surface area contributed by atoms with Crippen molar-refractivity contribution < 1.29 is 14.3 Å². The van der Waals surface area contributed by atoms with Crippen LogP contribution in [0.2, 0.25) is 0 Å². The molecular weight excluding hydrogens is 486 g/mol. The molecule has 2 aromatic heterocycles. The van der Waals surface area contributed by atoms with Crippen LogP contribution < -0.4 is 15.0 Å². The Kier molecular flexibility index (Phi) is 6.90. The number of carbonyl (C=O) groups excluding carboxylic acids is 2. The number of aromatic nitrogens is 3. The number of anilines is 2. The van der Waals surface area contributed by atoms with Crippen molar-refractivity contribution in [2.24, 2.45) is 5.92 Å². The molecule has 0 aliphatic carbocycles. The van der Waals surface area contributed by atoms with Crippen molar-refractivity contribution in [2.75, 3.05) is 18.1 Å². The van der Waals surface area contributed by atoms with Crippen LogP contribution in [0.25, 0.3) is 11.1 Å². The van der Waals surface area contributed by atoms with E-state index in [0.717, 1.165) is 39.8 Å². The Balaban J connectivity index is 1.32. The maximum atomic E-state index is 12.6. The van der Waals surface area contributed by atoms with Crippen LogP contribution in [0.15, 0.2) is 42.7 Å². The van der Waals surface area contributed by atoms with Crippen molar-refractivity contribution in [1.29, 1.82) is 0 Å². The molecule has 0 radical (unpaired) electrons. The molecule has 0 bridgehead atoms.